The molecule has 94 valence electrons. The predicted molar refractivity (Wildman–Crippen MR) is 72.1 cm³/mol. The molecule has 4 heteroatoms. The van der Waals surface area contributed by atoms with Crippen molar-refractivity contribution in [2.24, 2.45) is 0 Å². The van der Waals surface area contributed by atoms with Crippen molar-refractivity contribution in [3.8, 4) is 0 Å². The fourth-order valence-corrected chi connectivity index (χ4v) is 2.13. The Morgan fingerprint density at radius 3 is 2.59 bits per heavy atom. The van der Waals surface area contributed by atoms with E-state index in [0.29, 0.717) is 6.54 Å². The normalized spacial score (nSPS) is 11.2. The van der Waals surface area contributed by atoms with Crippen LogP contribution in [0.25, 0.3) is 0 Å². The summed E-state index contributed by atoms with van der Waals surface area (Å²) < 4.78 is 1.05. The van der Waals surface area contributed by atoms with Crippen molar-refractivity contribution in [1.82, 2.24) is 4.90 Å². The first kappa shape index (κ1) is 14.2. The molecule has 0 unspecified atom stereocenters. The fraction of sp³-hybridized carbons (Fsp3) is 0.462. The largest absolute Gasteiger partial charge is 0.480 e. The van der Waals surface area contributed by atoms with Crippen molar-refractivity contribution in [2.45, 2.75) is 33.4 Å². The highest BCUT2D eigenvalue weighted by atomic mass is 79.9. The number of rotatable bonds is 5. The summed E-state index contributed by atoms with van der Waals surface area (Å²) in [7, 11) is 0. The maximum absolute atomic E-state index is 10.8. The molecule has 0 aliphatic rings. The number of halogens is 1. The molecule has 0 aliphatic heterocycles. The quantitative estimate of drug-likeness (QED) is 0.908. The highest BCUT2D eigenvalue weighted by Gasteiger charge is 2.14. The lowest BCUT2D eigenvalue weighted by molar-refractivity contribution is -0.138. The van der Waals surface area contributed by atoms with Gasteiger partial charge < -0.3 is 5.11 Å². The van der Waals surface area contributed by atoms with Gasteiger partial charge in [0.15, 0.2) is 0 Å². The number of hydrogen-bond acceptors (Lipinski definition) is 2. The molecule has 1 N–H and O–H groups in total. The third-order valence-corrected chi connectivity index (χ3v) is 3.24. The standard InChI is InChI=1S/C13H18BrNO2/c1-9(2)15(8-13(16)17)7-11-4-5-12(14)6-10(11)3/h4-6,9H,7-8H2,1-3H3,(H,16,17). The van der Waals surface area contributed by atoms with E-state index in [1.165, 1.54) is 11.1 Å². The second-order valence-corrected chi connectivity index (χ2v) is 5.38. The van der Waals surface area contributed by atoms with Crippen molar-refractivity contribution in [3.63, 3.8) is 0 Å². The summed E-state index contributed by atoms with van der Waals surface area (Å²) in [5, 5.41) is 8.88. The maximum Gasteiger partial charge on any atom is 0.317 e. The van der Waals surface area contributed by atoms with Crippen LogP contribution in [0.5, 0.6) is 0 Å². The van der Waals surface area contributed by atoms with E-state index in [9.17, 15) is 4.79 Å². The zero-order valence-corrected chi connectivity index (χ0v) is 12.0. The Kier molecular flexibility index (Phi) is 5.15. The highest BCUT2D eigenvalue weighted by molar-refractivity contribution is 9.10. The molecule has 0 radical (unpaired) electrons. The van der Waals surface area contributed by atoms with Crippen LogP contribution < -0.4 is 0 Å². The van der Waals surface area contributed by atoms with Crippen molar-refractivity contribution < 1.29 is 9.90 Å². The van der Waals surface area contributed by atoms with Crippen molar-refractivity contribution in [1.29, 1.82) is 0 Å². The van der Waals surface area contributed by atoms with Gasteiger partial charge in [-0.05, 0) is 44.0 Å². The summed E-state index contributed by atoms with van der Waals surface area (Å²) in [5.41, 5.74) is 2.35. The first-order chi connectivity index (χ1) is 7.90. The van der Waals surface area contributed by atoms with Crippen LogP contribution in [0, 0.1) is 6.92 Å². The van der Waals surface area contributed by atoms with Crippen LogP contribution in [0.1, 0.15) is 25.0 Å². The number of nitrogens with zero attached hydrogens (tertiary/aromatic N) is 1. The Balaban J connectivity index is 2.82. The summed E-state index contributed by atoms with van der Waals surface area (Å²) in [5.74, 6) is -0.784. The molecule has 0 bridgehead atoms. The highest BCUT2D eigenvalue weighted by Crippen LogP contribution is 2.18. The molecule has 1 aromatic rings. The molecule has 0 amide bonds. The van der Waals surface area contributed by atoms with E-state index in [-0.39, 0.29) is 12.6 Å². The van der Waals surface area contributed by atoms with Crippen molar-refractivity contribution in [3.05, 3.63) is 33.8 Å². The van der Waals surface area contributed by atoms with Gasteiger partial charge in [-0.15, -0.1) is 0 Å². The molecule has 0 saturated carbocycles. The number of aryl methyl sites for hydroxylation is 1. The van der Waals surface area contributed by atoms with E-state index < -0.39 is 5.97 Å². The summed E-state index contributed by atoms with van der Waals surface area (Å²) in [4.78, 5) is 12.7. The smallest absolute Gasteiger partial charge is 0.317 e. The Hall–Kier alpha value is -0.870. The van der Waals surface area contributed by atoms with Crippen LogP contribution in [0.3, 0.4) is 0 Å². The van der Waals surface area contributed by atoms with Crippen LogP contribution in [0.2, 0.25) is 0 Å². The van der Waals surface area contributed by atoms with Gasteiger partial charge in [-0.2, -0.15) is 0 Å². The number of hydrogen-bond donors (Lipinski definition) is 1. The van der Waals surface area contributed by atoms with E-state index in [4.69, 9.17) is 5.11 Å². The number of carboxylic acid groups (broad SMARTS) is 1. The topological polar surface area (TPSA) is 40.5 Å². The third kappa shape index (κ3) is 4.48. The van der Waals surface area contributed by atoms with Gasteiger partial charge >= 0.3 is 5.97 Å². The summed E-state index contributed by atoms with van der Waals surface area (Å²) in [6.45, 7) is 6.81. The minimum absolute atomic E-state index is 0.0766. The first-order valence-corrected chi connectivity index (χ1v) is 6.40. The lowest BCUT2D eigenvalue weighted by Crippen LogP contribution is -2.35. The fourth-order valence-electron chi connectivity index (χ4n) is 1.65. The summed E-state index contributed by atoms with van der Waals surface area (Å²) in [6.07, 6.45) is 0. The van der Waals surface area contributed by atoms with Gasteiger partial charge in [0.2, 0.25) is 0 Å². The minimum Gasteiger partial charge on any atom is -0.480 e. The summed E-state index contributed by atoms with van der Waals surface area (Å²) in [6, 6.07) is 6.29. The molecule has 0 spiro atoms. The molecule has 1 rings (SSSR count). The SMILES string of the molecule is Cc1cc(Br)ccc1CN(CC(=O)O)C(C)C. The van der Waals surface area contributed by atoms with E-state index in [0.717, 1.165) is 4.47 Å². The van der Waals surface area contributed by atoms with Gasteiger partial charge in [-0.25, -0.2) is 0 Å². The van der Waals surface area contributed by atoms with Crippen molar-refractivity contribution >= 4 is 21.9 Å². The monoisotopic (exact) mass is 299 g/mol. The van der Waals surface area contributed by atoms with Gasteiger partial charge in [-0.1, -0.05) is 22.0 Å². The van der Waals surface area contributed by atoms with Gasteiger partial charge in [-0.3, -0.25) is 9.69 Å². The molecule has 0 fully saturated rings. The Bertz CT molecular complexity index is 404. The molecule has 0 aliphatic carbocycles. The lowest BCUT2D eigenvalue weighted by Gasteiger charge is -2.25. The van der Waals surface area contributed by atoms with Gasteiger partial charge in [0.05, 0.1) is 6.54 Å². The minimum atomic E-state index is -0.784. The Labute approximate surface area is 111 Å². The molecule has 17 heavy (non-hydrogen) atoms. The first-order valence-electron chi connectivity index (χ1n) is 5.61. The molecular formula is C13H18BrNO2. The number of benzene rings is 1. The van der Waals surface area contributed by atoms with E-state index in [1.807, 2.05) is 37.8 Å². The second-order valence-electron chi connectivity index (χ2n) is 4.46. The van der Waals surface area contributed by atoms with Crippen LogP contribution >= 0.6 is 15.9 Å². The molecule has 0 aromatic heterocycles. The van der Waals surface area contributed by atoms with Crippen molar-refractivity contribution in [2.75, 3.05) is 6.54 Å². The molecular weight excluding hydrogens is 282 g/mol. The van der Waals surface area contributed by atoms with E-state index in [1.54, 1.807) is 0 Å². The molecule has 0 saturated heterocycles. The lowest BCUT2D eigenvalue weighted by atomic mass is 10.1. The molecule has 3 nitrogen and oxygen atoms in total. The van der Waals surface area contributed by atoms with Crippen LogP contribution in [0.4, 0.5) is 0 Å². The van der Waals surface area contributed by atoms with Gasteiger partial charge in [0.1, 0.15) is 0 Å². The van der Waals surface area contributed by atoms with Gasteiger partial charge in [0, 0.05) is 17.1 Å². The Morgan fingerprint density at radius 2 is 2.12 bits per heavy atom. The average Bonchev–Trinajstić information content (AvgIpc) is 2.19. The zero-order valence-electron chi connectivity index (χ0n) is 10.4. The number of carbonyl (C=O) groups is 1. The van der Waals surface area contributed by atoms with Crippen LogP contribution in [-0.2, 0) is 11.3 Å². The third-order valence-electron chi connectivity index (χ3n) is 2.75. The second kappa shape index (κ2) is 6.17. The maximum atomic E-state index is 10.8. The van der Waals surface area contributed by atoms with Crippen LogP contribution in [0.15, 0.2) is 22.7 Å². The predicted octanol–water partition coefficient (Wildman–Crippen LogP) is 3.05. The average molecular weight is 300 g/mol. The van der Waals surface area contributed by atoms with Crippen LogP contribution in [-0.4, -0.2) is 28.6 Å². The van der Waals surface area contributed by atoms with E-state index >= 15 is 0 Å². The Morgan fingerprint density at radius 1 is 1.47 bits per heavy atom. The number of aliphatic carboxylic acids is 1. The molecule has 0 atom stereocenters. The number of carboxylic acids is 1. The van der Waals surface area contributed by atoms with Gasteiger partial charge in [0.25, 0.3) is 0 Å². The molecule has 0 heterocycles. The zero-order chi connectivity index (χ0) is 13.0. The molecule has 1 aromatic carbocycles. The van der Waals surface area contributed by atoms with E-state index in [2.05, 4.69) is 22.0 Å². The summed E-state index contributed by atoms with van der Waals surface area (Å²) >= 11 is 3.42.